The lowest BCUT2D eigenvalue weighted by Crippen LogP contribution is -2.04. The van der Waals surface area contributed by atoms with Crippen LogP contribution in [0.4, 0.5) is 0 Å². The summed E-state index contributed by atoms with van der Waals surface area (Å²) in [7, 11) is 0. The summed E-state index contributed by atoms with van der Waals surface area (Å²) in [6, 6.07) is 2.12. The topological polar surface area (TPSA) is 17.8 Å². The van der Waals surface area contributed by atoms with E-state index in [-0.39, 0.29) is 0 Å². The number of aromatic nitrogens is 2. The molecule has 0 aromatic carbocycles. The molecule has 2 nitrogen and oxygen atoms in total. The van der Waals surface area contributed by atoms with E-state index in [9.17, 15) is 0 Å². The van der Waals surface area contributed by atoms with E-state index in [0.29, 0.717) is 4.05 Å². The fourth-order valence-corrected chi connectivity index (χ4v) is 1.72. The second-order valence-electron chi connectivity index (χ2n) is 2.94. The fourth-order valence-electron chi connectivity index (χ4n) is 1.22. The maximum absolute atomic E-state index is 4.28. The first kappa shape index (κ1) is 10.0. The third kappa shape index (κ3) is 2.47. The molecular formula is C9H15IN2. The molecule has 0 radical (unpaired) electrons. The van der Waals surface area contributed by atoms with Crippen LogP contribution in [0.3, 0.4) is 0 Å². The molecule has 0 amide bonds. The molecule has 0 aliphatic rings. The molecule has 68 valence electrons. The van der Waals surface area contributed by atoms with E-state index in [1.807, 2.05) is 6.20 Å². The van der Waals surface area contributed by atoms with Crippen LogP contribution in [0.1, 0.15) is 36.4 Å². The Balaban J connectivity index is 2.64. The molecule has 0 saturated carbocycles. The summed E-state index contributed by atoms with van der Waals surface area (Å²) < 4.78 is 2.56. The monoisotopic (exact) mass is 278 g/mol. The van der Waals surface area contributed by atoms with E-state index in [1.54, 1.807) is 0 Å². The molecule has 0 aliphatic carbocycles. The number of hydrogen-bond donors (Lipinski definition) is 0. The highest BCUT2D eigenvalue weighted by atomic mass is 127. The van der Waals surface area contributed by atoms with Gasteiger partial charge in [0.25, 0.3) is 0 Å². The van der Waals surface area contributed by atoms with Crippen LogP contribution >= 0.6 is 22.6 Å². The fraction of sp³-hybridized carbons (Fsp3) is 0.667. The summed E-state index contributed by atoms with van der Waals surface area (Å²) >= 11 is 2.38. The van der Waals surface area contributed by atoms with Crippen molar-refractivity contribution in [3.63, 3.8) is 0 Å². The third-order valence-corrected chi connectivity index (χ3v) is 2.40. The predicted molar refractivity (Wildman–Crippen MR) is 59.6 cm³/mol. The minimum absolute atomic E-state index is 0.462. The van der Waals surface area contributed by atoms with Crippen LogP contribution in [0.15, 0.2) is 12.3 Å². The molecule has 12 heavy (non-hydrogen) atoms. The Morgan fingerprint density at radius 3 is 3.00 bits per heavy atom. The van der Waals surface area contributed by atoms with E-state index < -0.39 is 0 Å². The number of rotatable bonds is 4. The van der Waals surface area contributed by atoms with Crippen LogP contribution in [0, 0.1) is 0 Å². The summed E-state index contributed by atoms with van der Waals surface area (Å²) in [5.41, 5.74) is 1.36. The van der Waals surface area contributed by atoms with Crippen molar-refractivity contribution in [1.82, 2.24) is 9.78 Å². The number of alkyl halides is 1. The van der Waals surface area contributed by atoms with Gasteiger partial charge in [-0.25, -0.2) is 0 Å². The minimum atomic E-state index is 0.462. The Morgan fingerprint density at radius 1 is 1.67 bits per heavy atom. The zero-order valence-electron chi connectivity index (χ0n) is 7.63. The quantitative estimate of drug-likeness (QED) is 0.611. The number of halogens is 1. The van der Waals surface area contributed by atoms with Crippen molar-refractivity contribution in [2.45, 2.75) is 37.2 Å². The molecule has 1 aromatic heterocycles. The zero-order chi connectivity index (χ0) is 8.97. The first-order chi connectivity index (χ1) is 5.75. The minimum Gasteiger partial charge on any atom is -0.257 e. The van der Waals surface area contributed by atoms with Gasteiger partial charge in [-0.05, 0) is 25.8 Å². The third-order valence-electron chi connectivity index (χ3n) is 1.88. The van der Waals surface area contributed by atoms with Crippen LogP contribution in [0.5, 0.6) is 0 Å². The van der Waals surface area contributed by atoms with E-state index >= 15 is 0 Å². The lowest BCUT2D eigenvalue weighted by atomic mass is 10.2. The molecule has 0 spiro atoms. The number of hydrogen-bond acceptors (Lipinski definition) is 1. The molecule has 0 bridgehead atoms. The van der Waals surface area contributed by atoms with Gasteiger partial charge in [-0.15, -0.1) is 0 Å². The highest BCUT2D eigenvalue weighted by Gasteiger charge is 2.05. The van der Waals surface area contributed by atoms with Gasteiger partial charge in [-0.1, -0.05) is 35.9 Å². The van der Waals surface area contributed by atoms with Gasteiger partial charge in [0.15, 0.2) is 0 Å². The van der Waals surface area contributed by atoms with E-state index in [0.717, 1.165) is 6.42 Å². The smallest absolute Gasteiger partial charge is 0.100 e. The molecule has 1 atom stereocenters. The highest BCUT2D eigenvalue weighted by molar-refractivity contribution is 14.1. The summed E-state index contributed by atoms with van der Waals surface area (Å²) in [5.74, 6) is 0. The zero-order valence-corrected chi connectivity index (χ0v) is 9.78. The Hall–Kier alpha value is -0.0600. The Labute approximate surface area is 87.5 Å². The van der Waals surface area contributed by atoms with Crippen molar-refractivity contribution < 1.29 is 0 Å². The van der Waals surface area contributed by atoms with Crippen LogP contribution in [-0.2, 0) is 6.42 Å². The Bertz CT molecular complexity index is 230. The summed E-state index contributed by atoms with van der Waals surface area (Å²) in [4.78, 5) is 0. The van der Waals surface area contributed by atoms with Crippen molar-refractivity contribution in [3.05, 3.63) is 18.0 Å². The maximum Gasteiger partial charge on any atom is 0.100 e. The van der Waals surface area contributed by atoms with E-state index in [2.05, 4.69) is 52.3 Å². The number of unbranched alkanes of at least 4 members (excludes halogenated alkanes) is 1. The normalized spacial score (nSPS) is 13.2. The number of nitrogens with zero attached hydrogens (tertiary/aromatic N) is 2. The Morgan fingerprint density at radius 2 is 2.42 bits per heavy atom. The molecular weight excluding hydrogens is 263 g/mol. The largest absolute Gasteiger partial charge is 0.257 e. The van der Waals surface area contributed by atoms with Crippen LogP contribution < -0.4 is 0 Å². The van der Waals surface area contributed by atoms with Crippen LogP contribution in [0.25, 0.3) is 0 Å². The average Bonchev–Trinajstić information content (AvgIpc) is 2.48. The van der Waals surface area contributed by atoms with Crippen LogP contribution in [0.2, 0.25) is 0 Å². The molecule has 3 heteroatoms. The molecule has 0 N–H and O–H groups in total. The summed E-state index contributed by atoms with van der Waals surface area (Å²) in [6.07, 6.45) is 5.56. The maximum atomic E-state index is 4.28. The summed E-state index contributed by atoms with van der Waals surface area (Å²) in [6.45, 7) is 4.37. The van der Waals surface area contributed by atoms with Crippen LogP contribution in [-0.4, -0.2) is 9.78 Å². The van der Waals surface area contributed by atoms with Crippen molar-refractivity contribution in [1.29, 1.82) is 0 Å². The second kappa shape index (κ2) is 4.84. The second-order valence-corrected chi connectivity index (χ2v) is 4.75. The molecule has 1 unspecified atom stereocenters. The van der Waals surface area contributed by atoms with Gasteiger partial charge in [0.05, 0.1) is 0 Å². The number of aryl methyl sites for hydroxylation is 1. The van der Waals surface area contributed by atoms with Crippen molar-refractivity contribution in [2.75, 3.05) is 0 Å². The van der Waals surface area contributed by atoms with Crippen molar-refractivity contribution in [3.8, 4) is 0 Å². The molecule has 1 aromatic rings. The summed E-state index contributed by atoms with van der Waals surface area (Å²) in [5, 5.41) is 4.28. The van der Waals surface area contributed by atoms with Crippen molar-refractivity contribution >= 4 is 22.6 Å². The molecule has 1 heterocycles. The molecule has 0 fully saturated rings. The van der Waals surface area contributed by atoms with Gasteiger partial charge in [0.1, 0.15) is 4.05 Å². The molecule has 0 aliphatic heterocycles. The van der Waals surface area contributed by atoms with Gasteiger partial charge in [0, 0.05) is 11.9 Å². The van der Waals surface area contributed by atoms with Gasteiger partial charge in [0.2, 0.25) is 0 Å². The average molecular weight is 278 g/mol. The first-order valence-electron chi connectivity index (χ1n) is 4.42. The first-order valence-corrected chi connectivity index (χ1v) is 5.66. The van der Waals surface area contributed by atoms with E-state index in [4.69, 9.17) is 0 Å². The van der Waals surface area contributed by atoms with Gasteiger partial charge >= 0.3 is 0 Å². The Kier molecular flexibility index (Phi) is 4.05. The lowest BCUT2D eigenvalue weighted by molar-refractivity contribution is 0.611. The van der Waals surface area contributed by atoms with Gasteiger partial charge in [-0.2, -0.15) is 5.10 Å². The molecule has 1 rings (SSSR count). The molecule has 0 saturated heterocycles. The lowest BCUT2D eigenvalue weighted by Gasteiger charge is -2.08. The van der Waals surface area contributed by atoms with E-state index in [1.165, 1.54) is 18.5 Å². The standard InChI is InChI=1S/C9H15IN2/c1-3-4-5-9-6-7-11-12(9)8(2)10/h6-8H,3-5H2,1-2H3. The van der Waals surface area contributed by atoms with Crippen molar-refractivity contribution in [2.24, 2.45) is 0 Å². The van der Waals surface area contributed by atoms with Gasteiger partial charge < -0.3 is 0 Å². The predicted octanol–water partition coefficient (Wildman–Crippen LogP) is 3.18. The SMILES string of the molecule is CCCCc1ccnn1C(C)I. The highest BCUT2D eigenvalue weighted by Crippen LogP contribution is 2.16. The van der Waals surface area contributed by atoms with Gasteiger partial charge in [-0.3, -0.25) is 4.68 Å².